The van der Waals surface area contributed by atoms with Crippen LogP contribution in [0.3, 0.4) is 0 Å². The number of aliphatic hydroxyl groups is 1. The molecule has 0 fully saturated rings. The lowest BCUT2D eigenvalue weighted by molar-refractivity contribution is 0.0863. The van der Waals surface area contributed by atoms with Crippen molar-refractivity contribution in [1.82, 2.24) is 0 Å². The molecular formula is C11H20O. The van der Waals surface area contributed by atoms with Crippen LogP contribution in [-0.4, -0.2) is 11.7 Å². The van der Waals surface area contributed by atoms with Gasteiger partial charge < -0.3 is 5.11 Å². The molecule has 1 rings (SSSR count). The molecule has 0 aromatic carbocycles. The monoisotopic (exact) mass is 168 g/mol. The van der Waals surface area contributed by atoms with E-state index < -0.39 is 0 Å². The summed E-state index contributed by atoms with van der Waals surface area (Å²) in [5, 5.41) is 8.98. The van der Waals surface area contributed by atoms with E-state index in [-0.39, 0.29) is 5.41 Å². The highest BCUT2D eigenvalue weighted by Gasteiger charge is 2.39. The van der Waals surface area contributed by atoms with Crippen LogP contribution in [0.4, 0.5) is 0 Å². The van der Waals surface area contributed by atoms with Gasteiger partial charge in [-0.2, -0.15) is 0 Å². The zero-order chi connectivity index (χ0) is 9.24. The summed E-state index contributed by atoms with van der Waals surface area (Å²) in [7, 11) is 0. The second-order valence-electron chi connectivity index (χ2n) is 4.72. The standard InChI is InChI=1S/C11H20O/c1-10(2)6-4-5-7-11(10,3)8-9-12/h5,7,12H,4,6,8-9H2,1-3H3. The van der Waals surface area contributed by atoms with E-state index in [1.807, 2.05) is 0 Å². The van der Waals surface area contributed by atoms with E-state index in [9.17, 15) is 0 Å². The first-order chi connectivity index (χ1) is 5.52. The molecule has 0 heterocycles. The van der Waals surface area contributed by atoms with E-state index in [1.54, 1.807) is 0 Å². The quantitative estimate of drug-likeness (QED) is 0.629. The minimum atomic E-state index is 0.194. The molecule has 0 saturated carbocycles. The highest BCUT2D eigenvalue weighted by molar-refractivity contribution is 5.08. The van der Waals surface area contributed by atoms with Gasteiger partial charge in [-0.1, -0.05) is 32.9 Å². The van der Waals surface area contributed by atoms with E-state index in [2.05, 4.69) is 32.9 Å². The summed E-state index contributed by atoms with van der Waals surface area (Å²) in [4.78, 5) is 0. The van der Waals surface area contributed by atoms with Crippen LogP contribution >= 0.6 is 0 Å². The van der Waals surface area contributed by atoms with Crippen molar-refractivity contribution in [2.75, 3.05) is 6.61 Å². The highest BCUT2D eigenvalue weighted by atomic mass is 16.3. The Balaban J connectivity index is 2.82. The molecule has 0 radical (unpaired) electrons. The van der Waals surface area contributed by atoms with Gasteiger partial charge in [0.15, 0.2) is 0 Å². The molecule has 12 heavy (non-hydrogen) atoms. The first kappa shape index (κ1) is 9.79. The fraction of sp³-hybridized carbons (Fsp3) is 0.818. The third kappa shape index (κ3) is 1.56. The van der Waals surface area contributed by atoms with Gasteiger partial charge in [0, 0.05) is 6.61 Å². The molecular weight excluding hydrogens is 148 g/mol. The first-order valence-corrected chi connectivity index (χ1v) is 4.80. The van der Waals surface area contributed by atoms with E-state index >= 15 is 0 Å². The Morgan fingerprint density at radius 2 is 2.00 bits per heavy atom. The molecule has 1 nitrogen and oxygen atoms in total. The zero-order valence-electron chi connectivity index (χ0n) is 8.43. The van der Waals surface area contributed by atoms with Crippen molar-refractivity contribution in [2.45, 2.75) is 40.0 Å². The van der Waals surface area contributed by atoms with Crippen molar-refractivity contribution in [1.29, 1.82) is 0 Å². The number of rotatable bonds is 2. The van der Waals surface area contributed by atoms with Crippen molar-refractivity contribution < 1.29 is 5.11 Å². The minimum Gasteiger partial charge on any atom is -0.396 e. The molecule has 1 aliphatic carbocycles. The number of aliphatic hydroxyl groups excluding tert-OH is 1. The van der Waals surface area contributed by atoms with Crippen LogP contribution in [0.15, 0.2) is 12.2 Å². The molecule has 0 spiro atoms. The van der Waals surface area contributed by atoms with Crippen LogP contribution in [0.1, 0.15) is 40.0 Å². The lowest BCUT2D eigenvalue weighted by atomic mass is 9.60. The second-order valence-corrected chi connectivity index (χ2v) is 4.72. The van der Waals surface area contributed by atoms with Crippen LogP contribution in [0.25, 0.3) is 0 Å². The fourth-order valence-electron chi connectivity index (χ4n) is 1.95. The lowest BCUT2D eigenvalue weighted by Crippen LogP contribution is -2.36. The van der Waals surface area contributed by atoms with E-state index in [0.29, 0.717) is 12.0 Å². The summed E-state index contributed by atoms with van der Waals surface area (Å²) < 4.78 is 0. The summed E-state index contributed by atoms with van der Waals surface area (Å²) in [6.07, 6.45) is 7.85. The van der Waals surface area contributed by atoms with Gasteiger partial charge >= 0.3 is 0 Å². The minimum absolute atomic E-state index is 0.194. The molecule has 1 N–H and O–H groups in total. The van der Waals surface area contributed by atoms with Crippen LogP contribution < -0.4 is 0 Å². The van der Waals surface area contributed by atoms with E-state index in [4.69, 9.17) is 5.11 Å². The number of hydrogen-bond acceptors (Lipinski definition) is 1. The van der Waals surface area contributed by atoms with Crippen LogP contribution in [-0.2, 0) is 0 Å². The molecule has 1 heteroatoms. The predicted molar refractivity (Wildman–Crippen MR) is 52.0 cm³/mol. The van der Waals surface area contributed by atoms with Crippen LogP contribution in [0.5, 0.6) is 0 Å². The third-order valence-corrected chi connectivity index (χ3v) is 3.60. The summed E-state index contributed by atoms with van der Waals surface area (Å²) in [6, 6.07) is 0. The smallest absolute Gasteiger partial charge is 0.0439 e. The van der Waals surface area contributed by atoms with Crippen molar-refractivity contribution in [3.63, 3.8) is 0 Å². The average molecular weight is 168 g/mol. The molecule has 0 aromatic rings. The predicted octanol–water partition coefficient (Wildman–Crippen LogP) is 2.75. The van der Waals surface area contributed by atoms with Crippen molar-refractivity contribution >= 4 is 0 Å². The number of allylic oxidation sites excluding steroid dienone is 2. The SMILES string of the molecule is CC1(C)CCC=CC1(C)CCO. The van der Waals surface area contributed by atoms with Gasteiger partial charge in [0.1, 0.15) is 0 Å². The molecule has 0 bridgehead atoms. The molecule has 70 valence electrons. The van der Waals surface area contributed by atoms with Crippen LogP contribution in [0, 0.1) is 10.8 Å². The van der Waals surface area contributed by atoms with Crippen LogP contribution in [0.2, 0.25) is 0 Å². The topological polar surface area (TPSA) is 20.2 Å². The zero-order valence-corrected chi connectivity index (χ0v) is 8.43. The molecule has 1 unspecified atom stereocenters. The Labute approximate surface area is 75.5 Å². The van der Waals surface area contributed by atoms with Gasteiger partial charge in [0.25, 0.3) is 0 Å². The van der Waals surface area contributed by atoms with Crippen molar-refractivity contribution in [3.8, 4) is 0 Å². The lowest BCUT2D eigenvalue weighted by Gasteiger charge is -2.44. The summed E-state index contributed by atoms with van der Waals surface area (Å²) in [6.45, 7) is 7.14. The number of hydrogen-bond donors (Lipinski definition) is 1. The Morgan fingerprint density at radius 3 is 2.50 bits per heavy atom. The molecule has 0 aromatic heterocycles. The first-order valence-electron chi connectivity index (χ1n) is 4.80. The summed E-state index contributed by atoms with van der Waals surface area (Å²) in [5.74, 6) is 0. The maximum atomic E-state index is 8.98. The Hall–Kier alpha value is -0.300. The second kappa shape index (κ2) is 3.21. The Bertz CT molecular complexity index is 181. The maximum Gasteiger partial charge on any atom is 0.0439 e. The summed E-state index contributed by atoms with van der Waals surface area (Å²) >= 11 is 0. The average Bonchev–Trinajstić information content (AvgIpc) is 1.96. The molecule has 0 saturated heterocycles. The molecule has 0 amide bonds. The maximum absolute atomic E-state index is 8.98. The normalized spacial score (nSPS) is 33.7. The Kier molecular flexibility index (Phi) is 2.62. The molecule has 1 atom stereocenters. The van der Waals surface area contributed by atoms with Crippen molar-refractivity contribution in [3.05, 3.63) is 12.2 Å². The highest BCUT2D eigenvalue weighted by Crippen LogP contribution is 2.48. The summed E-state index contributed by atoms with van der Waals surface area (Å²) in [5.41, 5.74) is 0.532. The largest absolute Gasteiger partial charge is 0.396 e. The van der Waals surface area contributed by atoms with Gasteiger partial charge in [-0.05, 0) is 30.1 Å². The van der Waals surface area contributed by atoms with Gasteiger partial charge in [-0.15, -0.1) is 0 Å². The van der Waals surface area contributed by atoms with E-state index in [1.165, 1.54) is 12.8 Å². The van der Waals surface area contributed by atoms with Gasteiger partial charge in [0.2, 0.25) is 0 Å². The van der Waals surface area contributed by atoms with Gasteiger partial charge in [0.05, 0.1) is 0 Å². The molecule has 1 aliphatic rings. The van der Waals surface area contributed by atoms with E-state index in [0.717, 1.165) is 6.42 Å². The molecule has 0 aliphatic heterocycles. The van der Waals surface area contributed by atoms with Crippen molar-refractivity contribution in [2.24, 2.45) is 10.8 Å². The fourth-order valence-corrected chi connectivity index (χ4v) is 1.95. The Morgan fingerprint density at radius 1 is 1.33 bits per heavy atom. The van der Waals surface area contributed by atoms with Gasteiger partial charge in [-0.25, -0.2) is 0 Å². The van der Waals surface area contributed by atoms with Gasteiger partial charge in [-0.3, -0.25) is 0 Å². The third-order valence-electron chi connectivity index (χ3n) is 3.60.